The van der Waals surface area contributed by atoms with E-state index < -0.39 is 6.10 Å². The highest BCUT2D eigenvalue weighted by Crippen LogP contribution is 2.39. The molecule has 0 saturated heterocycles. The number of hydrogen-bond donors (Lipinski definition) is 1. The van der Waals surface area contributed by atoms with Gasteiger partial charge in [-0.3, -0.25) is 9.48 Å². The van der Waals surface area contributed by atoms with Gasteiger partial charge in [-0.05, 0) is 23.8 Å². The van der Waals surface area contributed by atoms with Gasteiger partial charge >= 0.3 is 0 Å². The Hall–Kier alpha value is -3.31. The van der Waals surface area contributed by atoms with Crippen molar-refractivity contribution in [3.8, 4) is 11.3 Å². The van der Waals surface area contributed by atoms with E-state index in [9.17, 15) is 14.3 Å². The predicted molar refractivity (Wildman–Crippen MR) is 100.0 cm³/mol. The first-order valence-corrected chi connectivity index (χ1v) is 8.70. The highest BCUT2D eigenvalue weighted by Gasteiger charge is 2.28. The highest BCUT2D eigenvalue weighted by atomic mass is 19.1. The van der Waals surface area contributed by atoms with Gasteiger partial charge in [0.1, 0.15) is 11.5 Å². The normalized spacial score (nSPS) is 13.6. The number of ketones is 1. The summed E-state index contributed by atoms with van der Waals surface area (Å²) < 4.78 is 14.9. The number of halogens is 1. The van der Waals surface area contributed by atoms with Gasteiger partial charge in [0.25, 0.3) is 0 Å². The Balaban J connectivity index is 1.65. The lowest BCUT2D eigenvalue weighted by atomic mass is 9.87. The first kappa shape index (κ1) is 15.9. The number of hydrogen-bond acceptors (Lipinski definition) is 3. The molecule has 0 fully saturated rings. The minimum Gasteiger partial charge on any atom is -0.386 e. The smallest absolute Gasteiger partial charge is 0.194 e. The van der Waals surface area contributed by atoms with Crippen LogP contribution in [0.2, 0.25) is 0 Å². The summed E-state index contributed by atoms with van der Waals surface area (Å²) in [4.78, 5) is 12.9. The molecule has 1 aromatic heterocycles. The SMILES string of the molecule is O=C1c2ccccc2-c2nn(C[C@H](O)c3ccc(F)cc3)c3cccc1c23. The fourth-order valence-electron chi connectivity index (χ4n) is 3.73. The van der Waals surface area contributed by atoms with Gasteiger partial charge in [-0.2, -0.15) is 5.10 Å². The van der Waals surface area contributed by atoms with Crippen molar-refractivity contribution in [2.75, 3.05) is 0 Å². The summed E-state index contributed by atoms with van der Waals surface area (Å²) in [6.07, 6.45) is -0.836. The molecule has 132 valence electrons. The Morgan fingerprint density at radius 2 is 1.63 bits per heavy atom. The maximum Gasteiger partial charge on any atom is 0.194 e. The minimum atomic E-state index is -0.836. The van der Waals surface area contributed by atoms with E-state index in [1.165, 1.54) is 12.1 Å². The second kappa shape index (κ2) is 5.86. The first-order valence-electron chi connectivity index (χ1n) is 8.70. The van der Waals surface area contributed by atoms with Crippen LogP contribution in [0.1, 0.15) is 27.6 Å². The molecule has 5 rings (SSSR count). The first-order chi connectivity index (χ1) is 13.1. The summed E-state index contributed by atoms with van der Waals surface area (Å²) in [7, 11) is 0. The molecule has 27 heavy (non-hydrogen) atoms. The third kappa shape index (κ3) is 2.39. The molecule has 1 aliphatic carbocycles. The Bertz CT molecular complexity index is 1190. The van der Waals surface area contributed by atoms with Gasteiger partial charge < -0.3 is 5.11 Å². The zero-order valence-corrected chi connectivity index (χ0v) is 14.3. The summed E-state index contributed by atoms with van der Waals surface area (Å²) in [6.45, 7) is 0.210. The summed E-state index contributed by atoms with van der Waals surface area (Å²) in [5.41, 5.74) is 4.24. The van der Waals surface area contributed by atoms with Gasteiger partial charge in [0.15, 0.2) is 5.78 Å². The van der Waals surface area contributed by atoms with Crippen molar-refractivity contribution in [1.29, 1.82) is 0 Å². The van der Waals surface area contributed by atoms with Gasteiger partial charge in [-0.1, -0.05) is 48.5 Å². The van der Waals surface area contributed by atoms with Crippen LogP contribution >= 0.6 is 0 Å². The molecule has 1 atom stereocenters. The monoisotopic (exact) mass is 358 g/mol. The average molecular weight is 358 g/mol. The molecule has 1 N–H and O–H groups in total. The summed E-state index contributed by atoms with van der Waals surface area (Å²) in [5, 5.41) is 16.1. The molecule has 0 bridgehead atoms. The molecule has 5 heteroatoms. The topological polar surface area (TPSA) is 55.1 Å². The molecule has 0 radical (unpaired) electrons. The minimum absolute atomic E-state index is 0.0117. The molecule has 3 aromatic carbocycles. The van der Waals surface area contributed by atoms with Gasteiger partial charge in [0, 0.05) is 22.1 Å². The van der Waals surface area contributed by atoms with E-state index in [1.807, 2.05) is 42.5 Å². The average Bonchev–Trinajstić information content (AvgIpc) is 3.06. The van der Waals surface area contributed by atoms with Gasteiger partial charge in [0.05, 0.1) is 18.2 Å². The fourth-order valence-corrected chi connectivity index (χ4v) is 3.73. The van der Waals surface area contributed by atoms with Crippen LogP contribution in [0, 0.1) is 5.82 Å². The molecule has 1 aliphatic rings. The van der Waals surface area contributed by atoms with Crippen molar-refractivity contribution in [1.82, 2.24) is 9.78 Å². The molecule has 0 spiro atoms. The van der Waals surface area contributed by atoms with E-state index in [2.05, 4.69) is 0 Å². The van der Waals surface area contributed by atoms with Crippen LogP contribution in [-0.4, -0.2) is 20.7 Å². The second-order valence-electron chi connectivity index (χ2n) is 6.67. The van der Waals surface area contributed by atoms with E-state index in [0.717, 1.165) is 22.2 Å². The Kier molecular flexibility index (Phi) is 3.45. The number of aliphatic hydroxyl groups excluding tert-OH is 1. The molecule has 4 aromatic rings. The molecule has 0 aliphatic heterocycles. The number of rotatable bonds is 3. The lowest BCUT2D eigenvalue weighted by Gasteiger charge is -2.13. The Morgan fingerprint density at radius 3 is 2.41 bits per heavy atom. The van der Waals surface area contributed by atoms with E-state index >= 15 is 0 Å². The zero-order valence-electron chi connectivity index (χ0n) is 14.3. The molecule has 1 heterocycles. The zero-order chi connectivity index (χ0) is 18.5. The van der Waals surface area contributed by atoms with E-state index in [1.54, 1.807) is 16.8 Å². The predicted octanol–water partition coefficient (Wildman–Crippen LogP) is 4.12. The number of carbonyl (C=O) groups is 1. The molecular formula is C22H15FN2O2. The van der Waals surface area contributed by atoms with Crippen LogP contribution in [0.5, 0.6) is 0 Å². The number of carbonyl (C=O) groups excluding carboxylic acids is 1. The number of nitrogens with zero attached hydrogens (tertiary/aromatic N) is 2. The Morgan fingerprint density at radius 1 is 0.926 bits per heavy atom. The molecule has 0 amide bonds. The van der Waals surface area contributed by atoms with Crippen molar-refractivity contribution in [2.24, 2.45) is 0 Å². The third-order valence-electron chi connectivity index (χ3n) is 5.05. The van der Waals surface area contributed by atoms with Crippen molar-refractivity contribution < 1.29 is 14.3 Å². The van der Waals surface area contributed by atoms with Crippen LogP contribution in [0.25, 0.3) is 22.2 Å². The fraction of sp³-hybridized carbons (Fsp3) is 0.0909. The van der Waals surface area contributed by atoms with E-state index in [0.29, 0.717) is 16.7 Å². The molecule has 4 nitrogen and oxygen atoms in total. The third-order valence-corrected chi connectivity index (χ3v) is 5.05. The van der Waals surface area contributed by atoms with Crippen LogP contribution in [-0.2, 0) is 6.54 Å². The van der Waals surface area contributed by atoms with Crippen LogP contribution in [0.15, 0.2) is 66.7 Å². The molecule has 0 unspecified atom stereocenters. The maximum absolute atomic E-state index is 13.1. The highest BCUT2D eigenvalue weighted by molar-refractivity contribution is 6.25. The standard InChI is InChI=1S/C22H15FN2O2/c23-14-10-8-13(9-11-14)19(26)12-25-18-7-3-6-17-20(18)21(24-25)15-4-1-2-5-16(15)22(17)27/h1-11,19,26H,12H2/t19-/m0/s1. The summed E-state index contributed by atoms with van der Waals surface area (Å²) in [5.74, 6) is -0.356. The van der Waals surface area contributed by atoms with Gasteiger partial charge in [0.2, 0.25) is 0 Å². The largest absolute Gasteiger partial charge is 0.386 e. The molecular weight excluding hydrogens is 343 g/mol. The summed E-state index contributed by atoms with van der Waals surface area (Å²) in [6, 6.07) is 18.8. The van der Waals surface area contributed by atoms with Crippen LogP contribution < -0.4 is 0 Å². The van der Waals surface area contributed by atoms with Crippen LogP contribution in [0.3, 0.4) is 0 Å². The maximum atomic E-state index is 13.1. The number of aromatic nitrogens is 2. The number of benzene rings is 3. The molecule has 0 saturated carbocycles. The number of aliphatic hydroxyl groups is 1. The number of fused-ring (bicyclic) bond motifs is 2. The quantitative estimate of drug-likeness (QED) is 0.528. The lowest BCUT2D eigenvalue weighted by Crippen LogP contribution is -2.10. The van der Waals surface area contributed by atoms with Crippen LogP contribution in [0.4, 0.5) is 4.39 Å². The Labute approximate surface area is 154 Å². The second-order valence-corrected chi connectivity index (χ2v) is 6.67. The lowest BCUT2D eigenvalue weighted by molar-refractivity contribution is 0.104. The van der Waals surface area contributed by atoms with E-state index in [4.69, 9.17) is 5.10 Å². The van der Waals surface area contributed by atoms with Crippen molar-refractivity contribution >= 4 is 16.7 Å². The summed E-state index contributed by atoms with van der Waals surface area (Å²) >= 11 is 0. The van der Waals surface area contributed by atoms with Crippen molar-refractivity contribution in [2.45, 2.75) is 12.6 Å². The van der Waals surface area contributed by atoms with Gasteiger partial charge in [-0.25, -0.2) is 4.39 Å². The van der Waals surface area contributed by atoms with E-state index in [-0.39, 0.29) is 18.1 Å². The van der Waals surface area contributed by atoms with Crippen molar-refractivity contribution in [3.63, 3.8) is 0 Å². The van der Waals surface area contributed by atoms with Crippen molar-refractivity contribution in [3.05, 3.63) is 89.2 Å². The van der Waals surface area contributed by atoms with Gasteiger partial charge in [-0.15, -0.1) is 0 Å².